The van der Waals surface area contributed by atoms with E-state index < -0.39 is 0 Å². The van der Waals surface area contributed by atoms with Crippen molar-refractivity contribution in [1.82, 2.24) is 10.2 Å². The van der Waals surface area contributed by atoms with Crippen LogP contribution in [0.15, 0.2) is 24.3 Å². The second kappa shape index (κ2) is 8.52. The molecule has 0 aromatic heterocycles. The van der Waals surface area contributed by atoms with Gasteiger partial charge in [0.1, 0.15) is 0 Å². The van der Waals surface area contributed by atoms with Gasteiger partial charge in [0.25, 0.3) is 0 Å². The summed E-state index contributed by atoms with van der Waals surface area (Å²) in [5.74, 6) is 0.593. The van der Waals surface area contributed by atoms with Crippen molar-refractivity contribution in [3.05, 3.63) is 35.4 Å². The van der Waals surface area contributed by atoms with Gasteiger partial charge in [-0.05, 0) is 43.9 Å². The molecule has 2 rings (SSSR count). The fourth-order valence-electron chi connectivity index (χ4n) is 2.46. The molecule has 1 atom stereocenters. The lowest BCUT2D eigenvalue weighted by Crippen LogP contribution is -2.23. The van der Waals surface area contributed by atoms with E-state index in [1.54, 1.807) is 0 Å². The van der Waals surface area contributed by atoms with E-state index in [9.17, 15) is 0 Å². The molecule has 1 fully saturated rings. The normalized spacial score (nSPS) is 16.4. The first kappa shape index (κ1) is 16.5. The van der Waals surface area contributed by atoms with Crippen molar-refractivity contribution in [3.63, 3.8) is 0 Å². The minimum absolute atomic E-state index is 0.593. The Bertz CT molecular complexity index is 400. The Morgan fingerprint density at radius 2 is 2.00 bits per heavy atom. The Morgan fingerprint density at radius 3 is 2.62 bits per heavy atom. The lowest BCUT2D eigenvalue weighted by atomic mass is 9.99. The highest BCUT2D eigenvalue weighted by Gasteiger charge is 2.21. The van der Waals surface area contributed by atoms with Gasteiger partial charge < -0.3 is 10.1 Å². The molecule has 0 spiro atoms. The summed E-state index contributed by atoms with van der Waals surface area (Å²) in [6.45, 7) is 9.03. The molecule has 0 amide bonds. The van der Waals surface area contributed by atoms with Crippen LogP contribution in [0.2, 0.25) is 0 Å². The minimum Gasteiger partial charge on any atom is -0.380 e. The monoisotopic (exact) mass is 290 g/mol. The lowest BCUT2D eigenvalue weighted by Gasteiger charge is -2.17. The van der Waals surface area contributed by atoms with E-state index in [-0.39, 0.29) is 0 Å². The van der Waals surface area contributed by atoms with Crippen molar-refractivity contribution in [3.8, 4) is 0 Å². The topological polar surface area (TPSA) is 24.5 Å². The Morgan fingerprint density at radius 1 is 1.29 bits per heavy atom. The van der Waals surface area contributed by atoms with Gasteiger partial charge in [0.2, 0.25) is 0 Å². The number of likely N-dealkylation sites (N-methyl/N-ethyl adjacent to an activating group) is 1. The molecule has 1 aromatic carbocycles. The molecular weight excluding hydrogens is 260 g/mol. The third-order valence-electron chi connectivity index (χ3n) is 4.11. The number of rotatable bonds is 10. The van der Waals surface area contributed by atoms with Crippen LogP contribution >= 0.6 is 0 Å². The Balaban J connectivity index is 1.74. The summed E-state index contributed by atoms with van der Waals surface area (Å²) in [5.41, 5.74) is 2.81. The summed E-state index contributed by atoms with van der Waals surface area (Å²) in [5, 5.41) is 3.61. The largest absolute Gasteiger partial charge is 0.380 e. The van der Waals surface area contributed by atoms with Crippen molar-refractivity contribution < 1.29 is 4.74 Å². The van der Waals surface area contributed by atoms with Crippen LogP contribution < -0.4 is 5.32 Å². The maximum atomic E-state index is 5.40. The molecule has 3 heteroatoms. The van der Waals surface area contributed by atoms with Crippen LogP contribution in [0.25, 0.3) is 0 Å². The van der Waals surface area contributed by atoms with E-state index in [2.05, 4.69) is 48.5 Å². The molecule has 0 bridgehead atoms. The van der Waals surface area contributed by atoms with E-state index in [0.29, 0.717) is 5.92 Å². The van der Waals surface area contributed by atoms with Gasteiger partial charge in [-0.15, -0.1) is 0 Å². The first-order valence-corrected chi connectivity index (χ1v) is 8.27. The highest BCUT2D eigenvalue weighted by atomic mass is 16.5. The number of nitrogens with one attached hydrogen (secondary N) is 1. The smallest absolute Gasteiger partial charge is 0.0593 e. The Hall–Kier alpha value is -0.900. The SMILES string of the molecule is CCOCCN(C)Cc1ccc(C(C)CNC2CC2)cc1. The highest BCUT2D eigenvalue weighted by molar-refractivity contribution is 5.25. The van der Waals surface area contributed by atoms with Crippen LogP contribution in [-0.4, -0.2) is 44.3 Å². The van der Waals surface area contributed by atoms with Crippen molar-refractivity contribution in [2.75, 3.05) is 33.4 Å². The maximum Gasteiger partial charge on any atom is 0.0593 e. The zero-order valence-corrected chi connectivity index (χ0v) is 13.8. The zero-order chi connectivity index (χ0) is 15.1. The van der Waals surface area contributed by atoms with Crippen LogP contribution in [0.4, 0.5) is 0 Å². The lowest BCUT2D eigenvalue weighted by molar-refractivity contribution is 0.120. The number of hydrogen-bond acceptors (Lipinski definition) is 3. The summed E-state index contributed by atoms with van der Waals surface area (Å²) in [6.07, 6.45) is 2.72. The average molecular weight is 290 g/mol. The molecule has 1 N–H and O–H groups in total. The average Bonchev–Trinajstić information content (AvgIpc) is 3.30. The predicted octanol–water partition coefficient (Wildman–Crippen LogP) is 3.01. The van der Waals surface area contributed by atoms with Gasteiger partial charge in [0.15, 0.2) is 0 Å². The van der Waals surface area contributed by atoms with Gasteiger partial charge in [-0.2, -0.15) is 0 Å². The predicted molar refractivity (Wildman–Crippen MR) is 88.7 cm³/mol. The molecule has 1 saturated carbocycles. The molecule has 118 valence electrons. The highest BCUT2D eigenvalue weighted by Crippen LogP contribution is 2.21. The van der Waals surface area contributed by atoms with Crippen LogP contribution in [-0.2, 0) is 11.3 Å². The maximum absolute atomic E-state index is 5.40. The molecular formula is C18H30N2O. The molecule has 21 heavy (non-hydrogen) atoms. The van der Waals surface area contributed by atoms with E-state index in [1.807, 2.05) is 6.92 Å². The molecule has 0 radical (unpaired) electrons. The van der Waals surface area contributed by atoms with Gasteiger partial charge in [-0.25, -0.2) is 0 Å². The van der Waals surface area contributed by atoms with Crippen LogP contribution in [0.5, 0.6) is 0 Å². The van der Waals surface area contributed by atoms with Gasteiger partial charge in [-0.3, -0.25) is 4.90 Å². The summed E-state index contributed by atoms with van der Waals surface area (Å²) in [7, 11) is 2.15. The zero-order valence-electron chi connectivity index (χ0n) is 13.8. The van der Waals surface area contributed by atoms with E-state index in [1.165, 1.54) is 24.0 Å². The molecule has 0 aliphatic heterocycles. The van der Waals surface area contributed by atoms with Crippen molar-refractivity contribution >= 4 is 0 Å². The molecule has 1 aromatic rings. The number of nitrogens with zero attached hydrogens (tertiary/aromatic N) is 1. The third-order valence-corrected chi connectivity index (χ3v) is 4.11. The van der Waals surface area contributed by atoms with Gasteiger partial charge in [-0.1, -0.05) is 31.2 Å². The Kier molecular flexibility index (Phi) is 6.68. The van der Waals surface area contributed by atoms with Crippen molar-refractivity contribution in [2.24, 2.45) is 0 Å². The Labute approximate surface area is 129 Å². The first-order valence-electron chi connectivity index (χ1n) is 8.27. The fraction of sp³-hybridized carbons (Fsp3) is 0.667. The third kappa shape index (κ3) is 6.16. The van der Waals surface area contributed by atoms with E-state index in [4.69, 9.17) is 4.74 Å². The van der Waals surface area contributed by atoms with Gasteiger partial charge in [0, 0.05) is 32.3 Å². The van der Waals surface area contributed by atoms with E-state index in [0.717, 1.165) is 38.9 Å². The van der Waals surface area contributed by atoms with E-state index >= 15 is 0 Å². The molecule has 0 heterocycles. The summed E-state index contributed by atoms with van der Waals surface area (Å²) in [6, 6.07) is 9.89. The number of ether oxygens (including phenoxy) is 1. The summed E-state index contributed by atoms with van der Waals surface area (Å²) >= 11 is 0. The van der Waals surface area contributed by atoms with Crippen molar-refractivity contribution in [1.29, 1.82) is 0 Å². The van der Waals surface area contributed by atoms with Crippen molar-refractivity contribution in [2.45, 2.75) is 45.2 Å². The van der Waals surface area contributed by atoms with Gasteiger partial charge >= 0.3 is 0 Å². The summed E-state index contributed by atoms with van der Waals surface area (Å²) in [4.78, 5) is 2.31. The first-order chi connectivity index (χ1) is 10.2. The molecule has 1 aliphatic rings. The molecule has 0 saturated heterocycles. The second-order valence-electron chi connectivity index (χ2n) is 6.26. The standard InChI is InChI=1S/C18H30N2O/c1-4-21-12-11-20(3)14-16-5-7-17(8-6-16)15(2)13-19-18-9-10-18/h5-8,15,18-19H,4,9-14H2,1-3H3. The minimum atomic E-state index is 0.593. The molecule has 1 unspecified atom stereocenters. The molecule has 3 nitrogen and oxygen atoms in total. The van der Waals surface area contributed by atoms with Crippen LogP contribution in [0.3, 0.4) is 0 Å². The quantitative estimate of drug-likeness (QED) is 0.670. The summed E-state index contributed by atoms with van der Waals surface area (Å²) < 4.78 is 5.40. The van der Waals surface area contributed by atoms with Crippen LogP contribution in [0, 0.1) is 0 Å². The fourth-order valence-corrected chi connectivity index (χ4v) is 2.46. The second-order valence-corrected chi connectivity index (χ2v) is 6.26. The number of benzene rings is 1. The molecule has 1 aliphatic carbocycles. The van der Waals surface area contributed by atoms with Gasteiger partial charge in [0.05, 0.1) is 6.61 Å². The number of hydrogen-bond donors (Lipinski definition) is 1. The van der Waals surface area contributed by atoms with Crippen LogP contribution in [0.1, 0.15) is 43.7 Å².